The Morgan fingerprint density at radius 2 is 1.69 bits per heavy atom. The Balaban J connectivity index is 1.31. The lowest BCUT2D eigenvalue weighted by Gasteiger charge is -2.36. The van der Waals surface area contributed by atoms with E-state index < -0.39 is 0 Å². The molecule has 0 spiro atoms. The molecule has 0 unspecified atom stereocenters. The van der Waals surface area contributed by atoms with Gasteiger partial charge in [-0.15, -0.1) is 11.3 Å². The first-order valence-corrected chi connectivity index (χ1v) is 10.6. The van der Waals surface area contributed by atoms with Gasteiger partial charge < -0.3 is 15.1 Å². The Kier molecular flexibility index (Phi) is 5.97. The van der Waals surface area contributed by atoms with Crippen LogP contribution in [0.2, 0.25) is 5.02 Å². The van der Waals surface area contributed by atoms with Crippen LogP contribution >= 0.6 is 22.9 Å². The molecule has 1 N–H and O–H groups in total. The van der Waals surface area contributed by atoms with Crippen molar-refractivity contribution in [2.24, 2.45) is 0 Å². The van der Waals surface area contributed by atoms with Gasteiger partial charge in [-0.25, -0.2) is 9.37 Å². The number of nitrogens with zero attached hydrogens (tertiary/aromatic N) is 3. The molecule has 2 aromatic carbocycles. The monoisotopic (exact) mass is 430 g/mol. The van der Waals surface area contributed by atoms with Crippen LogP contribution in [0.15, 0.2) is 53.9 Å². The van der Waals surface area contributed by atoms with E-state index in [1.807, 2.05) is 24.3 Å². The lowest BCUT2D eigenvalue weighted by molar-refractivity contribution is 0.0946. The number of aromatic nitrogens is 1. The normalized spacial score (nSPS) is 14.1. The van der Waals surface area contributed by atoms with E-state index in [1.165, 1.54) is 23.5 Å². The van der Waals surface area contributed by atoms with Crippen molar-refractivity contribution in [3.8, 4) is 0 Å². The van der Waals surface area contributed by atoms with Crippen LogP contribution in [-0.4, -0.2) is 37.1 Å². The van der Waals surface area contributed by atoms with Crippen LogP contribution in [0.25, 0.3) is 0 Å². The van der Waals surface area contributed by atoms with Crippen molar-refractivity contribution in [1.29, 1.82) is 0 Å². The second-order valence-electron chi connectivity index (χ2n) is 6.77. The molecule has 3 aromatic rings. The van der Waals surface area contributed by atoms with E-state index in [0.29, 0.717) is 12.2 Å². The minimum absolute atomic E-state index is 0.225. The molecule has 0 aliphatic carbocycles. The summed E-state index contributed by atoms with van der Waals surface area (Å²) in [7, 11) is 0. The number of benzene rings is 2. The van der Waals surface area contributed by atoms with Crippen molar-refractivity contribution in [3.63, 3.8) is 0 Å². The number of hydrogen-bond acceptors (Lipinski definition) is 5. The molecule has 1 amide bonds. The summed E-state index contributed by atoms with van der Waals surface area (Å²) in [4.78, 5) is 21.4. The maximum absolute atomic E-state index is 13.0. The lowest BCUT2D eigenvalue weighted by atomic mass is 10.2. The second-order valence-corrected chi connectivity index (χ2v) is 8.05. The van der Waals surface area contributed by atoms with E-state index in [2.05, 4.69) is 20.1 Å². The van der Waals surface area contributed by atoms with Gasteiger partial charge in [0.15, 0.2) is 5.13 Å². The van der Waals surface area contributed by atoms with Gasteiger partial charge in [-0.2, -0.15) is 0 Å². The van der Waals surface area contributed by atoms with Crippen molar-refractivity contribution in [1.82, 2.24) is 10.3 Å². The van der Waals surface area contributed by atoms with Crippen molar-refractivity contribution >= 4 is 39.7 Å². The number of amides is 1. The summed E-state index contributed by atoms with van der Waals surface area (Å²) >= 11 is 7.44. The van der Waals surface area contributed by atoms with Crippen LogP contribution in [0.3, 0.4) is 0 Å². The van der Waals surface area contributed by atoms with Gasteiger partial charge in [0, 0.05) is 48.8 Å². The summed E-state index contributed by atoms with van der Waals surface area (Å²) in [5, 5.41) is 6.20. The number of halogens is 2. The third-order valence-electron chi connectivity index (χ3n) is 4.83. The third-order valence-corrected chi connectivity index (χ3v) is 5.99. The van der Waals surface area contributed by atoms with E-state index in [0.717, 1.165) is 47.6 Å². The SMILES string of the molecule is O=C(NCc1ccc(F)cc1)c1csc(N2CCN(c3ccc(Cl)cc3)CC2)n1. The fraction of sp³-hybridized carbons (Fsp3) is 0.238. The second kappa shape index (κ2) is 8.80. The Hall–Kier alpha value is -2.64. The molecule has 0 saturated carbocycles. The Morgan fingerprint density at radius 3 is 2.38 bits per heavy atom. The van der Waals surface area contributed by atoms with Crippen molar-refractivity contribution in [3.05, 3.63) is 76.0 Å². The first-order valence-electron chi connectivity index (χ1n) is 9.32. The van der Waals surface area contributed by atoms with Crippen LogP contribution < -0.4 is 15.1 Å². The number of rotatable bonds is 5. The summed E-state index contributed by atoms with van der Waals surface area (Å²) in [6.45, 7) is 3.78. The molecule has 29 heavy (non-hydrogen) atoms. The summed E-state index contributed by atoms with van der Waals surface area (Å²) in [6, 6.07) is 13.9. The van der Waals surface area contributed by atoms with Crippen LogP contribution in [0.5, 0.6) is 0 Å². The predicted molar refractivity (Wildman–Crippen MR) is 116 cm³/mol. The predicted octanol–water partition coefficient (Wildman–Crippen LogP) is 4.19. The molecule has 1 fully saturated rings. The quantitative estimate of drug-likeness (QED) is 0.659. The van der Waals surface area contributed by atoms with E-state index in [1.54, 1.807) is 17.5 Å². The Morgan fingerprint density at radius 1 is 1.03 bits per heavy atom. The zero-order chi connectivity index (χ0) is 20.2. The highest BCUT2D eigenvalue weighted by molar-refractivity contribution is 7.13. The van der Waals surface area contributed by atoms with Gasteiger partial charge in [-0.1, -0.05) is 23.7 Å². The summed E-state index contributed by atoms with van der Waals surface area (Å²) in [6.07, 6.45) is 0. The van der Waals surface area contributed by atoms with Gasteiger partial charge in [0.2, 0.25) is 0 Å². The molecule has 0 bridgehead atoms. The standard InChI is InChI=1S/C21H20ClFN4OS/c22-16-3-7-18(8-4-16)26-9-11-27(12-10-26)21-25-19(14-29-21)20(28)24-13-15-1-5-17(23)6-2-15/h1-8,14H,9-13H2,(H,24,28). The summed E-state index contributed by atoms with van der Waals surface area (Å²) in [5.41, 5.74) is 2.41. The number of anilines is 2. The van der Waals surface area contributed by atoms with E-state index in [9.17, 15) is 9.18 Å². The van der Waals surface area contributed by atoms with Gasteiger partial charge in [0.25, 0.3) is 5.91 Å². The number of piperazine rings is 1. The topological polar surface area (TPSA) is 48.5 Å². The largest absolute Gasteiger partial charge is 0.368 e. The maximum atomic E-state index is 13.0. The molecule has 1 saturated heterocycles. The smallest absolute Gasteiger partial charge is 0.271 e. The van der Waals surface area contributed by atoms with Crippen LogP contribution in [0, 0.1) is 5.82 Å². The third kappa shape index (κ3) is 4.86. The highest BCUT2D eigenvalue weighted by Crippen LogP contribution is 2.24. The molecule has 2 heterocycles. The van der Waals surface area contributed by atoms with Gasteiger partial charge in [0.1, 0.15) is 11.5 Å². The zero-order valence-corrected chi connectivity index (χ0v) is 17.2. The average molecular weight is 431 g/mol. The van der Waals surface area contributed by atoms with Crippen molar-refractivity contribution < 1.29 is 9.18 Å². The first kappa shape index (κ1) is 19.7. The molecule has 5 nitrogen and oxygen atoms in total. The molecule has 0 radical (unpaired) electrons. The molecular formula is C21H20ClFN4OS. The van der Waals surface area contributed by atoms with Gasteiger partial charge in [0.05, 0.1) is 0 Å². The molecule has 4 rings (SSSR count). The molecule has 150 valence electrons. The van der Waals surface area contributed by atoms with Crippen molar-refractivity contribution in [2.45, 2.75) is 6.54 Å². The lowest BCUT2D eigenvalue weighted by Crippen LogP contribution is -2.46. The molecular weight excluding hydrogens is 411 g/mol. The zero-order valence-electron chi connectivity index (χ0n) is 15.6. The Bertz CT molecular complexity index is 969. The van der Waals surface area contributed by atoms with Crippen LogP contribution in [-0.2, 0) is 6.54 Å². The maximum Gasteiger partial charge on any atom is 0.271 e. The fourth-order valence-corrected chi connectivity index (χ4v) is 4.18. The van der Waals surface area contributed by atoms with E-state index in [4.69, 9.17) is 11.6 Å². The van der Waals surface area contributed by atoms with Gasteiger partial charge >= 0.3 is 0 Å². The first-order chi connectivity index (χ1) is 14.1. The average Bonchev–Trinajstić information content (AvgIpc) is 3.24. The number of carbonyl (C=O) groups is 1. The van der Waals surface area contributed by atoms with Crippen LogP contribution in [0.4, 0.5) is 15.2 Å². The van der Waals surface area contributed by atoms with E-state index in [-0.39, 0.29) is 11.7 Å². The summed E-state index contributed by atoms with van der Waals surface area (Å²) < 4.78 is 13.0. The number of thiazole rings is 1. The number of nitrogens with one attached hydrogen (secondary N) is 1. The highest BCUT2D eigenvalue weighted by Gasteiger charge is 2.21. The minimum Gasteiger partial charge on any atom is -0.368 e. The number of hydrogen-bond donors (Lipinski definition) is 1. The van der Waals surface area contributed by atoms with Crippen molar-refractivity contribution in [2.75, 3.05) is 36.0 Å². The fourth-order valence-electron chi connectivity index (χ4n) is 3.20. The molecule has 0 atom stereocenters. The Labute approximate surface area is 177 Å². The van der Waals surface area contributed by atoms with E-state index >= 15 is 0 Å². The highest BCUT2D eigenvalue weighted by atomic mass is 35.5. The molecule has 1 aliphatic rings. The minimum atomic E-state index is -0.291. The van der Waals surface area contributed by atoms with Gasteiger partial charge in [-0.3, -0.25) is 4.79 Å². The molecule has 1 aliphatic heterocycles. The number of carbonyl (C=O) groups excluding carboxylic acids is 1. The molecule has 1 aromatic heterocycles. The van der Waals surface area contributed by atoms with Gasteiger partial charge in [-0.05, 0) is 42.0 Å². The van der Waals surface area contributed by atoms with Crippen LogP contribution in [0.1, 0.15) is 16.1 Å². The summed E-state index contributed by atoms with van der Waals surface area (Å²) in [5.74, 6) is -0.517. The molecule has 8 heteroatoms.